The van der Waals surface area contributed by atoms with E-state index in [2.05, 4.69) is 66.6 Å². The second-order valence-corrected chi connectivity index (χ2v) is 5.77. The quantitative estimate of drug-likeness (QED) is 0.566. The molecule has 0 aliphatic rings. The minimum absolute atomic E-state index is 0.452. The highest BCUT2D eigenvalue weighted by Gasteiger charge is 2.17. The van der Waals surface area contributed by atoms with Crippen LogP contribution in [0.5, 0.6) is 5.75 Å². The van der Waals surface area contributed by atoms with E-state index in [1.807, 2.05) is 0 Å². The predicted molar refractivity (Wildman–Crippen MR) is 78.3 cm³/mol. The first-order valence-corrected chi connectivity index (χ1v) is 6.74. The number of benzene rings is 1. The zero-order chi connectivity index (χ0) is 13.2. The topological polar surface area (TPSA) is 9.23 Å². The molecule has 0 radical (unpaired) electrons. The van der Waals surface area contributed by atoms with E-state index in [-0.39, 0.29) is 0 Å². The highest BCUT2D eigenvalue weighted by molar-refractivity contribution is 7.75. The molecule has 1 aromatic rings. The monoisotopic (exact) mass is 252 g/mol. The summed E-state index contributed by atoms with van der Waals surface area (Å²) in [5.41, 5.74) is 3.90. The third-order valence-corrected chi connectivity index (χ3v) is 3.35. The van der Waals surface area contributed by atoms with Gasteiger partial charge < -0.3 is 4.18 Å². The molecule has 17 heavy (non-hydrogen) atoms. The molecule has 0 heterocycles. The summed E-state index contributed by atoms with van der Waals surface area (Å²) in [5.74, 6) is 2.39. The normalized spacial score (nSPS) is 11.6. The highest BCUT2D eigenvalue weighted by Crippen LogP contribution is 2.37. The van der Waals surface area contributed by atoms with Crippen LogP contribution in [-0.4, -0.2) is 0 Å². The van der Waals surface area contributed by atoms with Gasteiger partial charge in [-0.05, 0) is 34.4 Å². The van der Waals surface area contributed by atoms with E-state index in [0.717, 1.165) is 5.75 Å². The van der Waals surface area contributed by atoms with Gasteiger partial charge in [-0.15, -0.1) is 0 Å². The van der Waals surface area contributed by atoms with Crippen LogP contribution in [0, 0.1) is 0 Å². The molecule has 0 bridgehead atoms. The molecule has 0 N–H and O–H groups in total. The summed E-state index contributed by atoms with van der Waals surface area (Å²) in [5, 5.41) is 0. The molecule has 0 aliphatic heterocycles. The number of thiol groups is 1. The molecule has 0 saturated carbocycles. The minimum Gasteiger partial charge on any atom is -0.428 e. The van der Waals surface area contributed by atoms with Gasteiger partial charge in [0.1, 0.15) is 5.75 Å². The molecule has 0 atom stereocenters. The Hall–Kier alpha value is -0.630. The Morgan fingerprint density at radius 1 is 0.824 bits per heavy atom. The minimum atomic E-state index is 0.452. The lowest BCUT2D eigenvalue weighted by Crippen LogP contribution is -2.02. The molecule has 1 aromatic carbocycles. The third-order valence-electron chi connectivity index (χ3n) is 3.17. The largest absolute Gasteiger partial charge is 0.428 e. The lowest BCUT2D eigenvalue weighted by atomic mass is 9.88. The number of hydrogen-bond donors (Lipinski definition) is 1. The Kier molecular flexibility index (Phi) is 4.93. The van der Waals surface area contributed by atoms with Gasteiger partial charge in [-0.2, -0.15) is 0 Å². The average molecular weight is 252 g/mol. The molecule has 0 amide bonds. The van der Waals surface area contributed by atoms with Crippen LogP contribution < -0.4 is 4.18 Å². The van der Waals surface area contributed by atoms with Gasteiger partial charge in [0, 0.05) is 12.9 Å². The van der Waals surface area contributed by atoms with Crippen LogP contribution in [0.4, 0.5) is 0 Å². The number of rotatable bonds is 4. The van der Waals surface area contributed by atoms with Gasteiger partial charge in [0.25, 0.3) is 0 Å². The molecular formula is C15H24OS. The summed E-state index contributed by atoms with van der Waals surface area (Å²) in [6, 6.07) is 4.51. The SMILES string of the molecule is CC(C)c1cc(C(C)C)c(OS)c(C(C)C)c1. The summed E-state index contributed by atoms with van der Waals surface area (Å²) in [6.45, 7) is 13.2. The van der Waals surface area contributed by atoms with E-state index < -0.39 is 0 Å². The zero-order valence-corrected chi connectivity index (χ0v) is 12.6. The van der Waals surface area contributed by atoms with Gasteiger partial charge >= 0.3 is 0 Å². The first kappa shape index (κ1) is 14.4. The summed E-state index contributed by atoms with van der Waals surface area (Å²) in [7, 11) is 0. The van der Waals surface area contributed by atoms with Crippen molar-refractivity contribution in [2.75, 3.05) is 0 Å². The first-order valence-electron chi connectivity index (χ1n) is 6.37. The Bertz CT molecular complexity index is 352. The Labute approximate surface area is 111 Å². The molecule has 2 heteroatoms. The number of hydrogen-bond acceptors (Lipinski definition) is 2. The van der Waals surface area contributed by atoms with Crippen molar-refractivity contribution in [3.05, 3.63) is 28.8 Å². The summed E-state index contributed by atoms with van der Waals surface area (Å²) in [4.78, 5) is 0. The maximum Gasteiger partial charge on any atom is 0.143 e. The van der Waals surface area contributed by atoms with Crippen molar-refractivity contribution in [3.63, 3.8) is 0 Å². The van der Waals surface area contributed by atoms with Gasteiger partial charge in [-0.1, -0.05) is 53.7 Å². The lowest BCUT2D eigenvalue weighted by molar-refractivity contribution is 0.612. The summed E-state index contributed by atoms with van der Waals surface area (Å²) in [6.07, 6.45) is 0. The second kappa shape index (κ2) is 5.81. The van der Waals surface area contributed by atoms with Crippen LogP contribution in [0.2, 0.25) is 0 Å². The average Bonchev–Trinajstić information content (AvgIpc) is 2.26. The first-order chi connectivity index (χ1) is 7.88. The smallest absolute Gasteiger partial charge is 0.143 e. The molecule has 1 nitrogen and oxygen atoms in total. The van der Waals surface area contributed by atoms with Gasteiger partial charge in [0.15, 0.2) is 0 Å². The van der Waals surface area contributed by atoms with Crippen molar-refractivity contribution in [1.29, 1.82) is 0 Å². The van der Waals surface area contributed by atoms with Gasteiger partial charge in [-0.3, -0.25) is 0 Å². The summed E-state index contributed by atoms with van der Waals surface area (Å²) < 4.78 is 5.33. The molecule has 0 spiro atoms. The highest BCUT2D eigenvalue weighted by atomic mass is 32.1. The summed E-state index contributed by atoms with van der Waals surface area (Å²) >= 11 is 4.02. The lowest BCUT2D eigenvalue weighted by Gasteiger charge is -2.20. The zero-order valence-electron chi connectivity index (χ0n) is 11.7. The van der Waals surface area contributed by atoms with Crippen molar-refractivity contribution in [1.82, 2.24) is 0 Å². The predicted octanol–water partition coefficient (Wildman–Crippen LogP) is 5.28. The van der Waals surface area contributed by atoms with Crippen molar-refractivity contribution in [3.8, 4) is 5.75 Å². The van der Waals surface area contributed by atoms with E-state index in [4.69, 9.17) is 4.18 Å². The maximum absolute atomic E-state index is 5.33. The van der Waals surface area contributed by atoms with Crippen LogP contribution in [-0.2, 0) is 0 Å². The molecule has 1 rings (SSSR count). The van der Waals surface area contributed by atoms with Crippen molar-refractivity contribution < 1.29 is 4.18 Å². The third kappa shape index (κ3) is 3.19. The Morgan fingerprint density at radius 2 is 1.24 bits per heavy atom. The fourth-order valence-electron chi connectivity index (χ4n) is 1.99. The standard InChI is InChI=1S/C15H24OS/c1-9(2)12-7-13(10(3)4)15(16-17)14(8-12)11(5)6/h7-11,17H,1-6H3. The Balaban J connectivity index is 3.46. The molecule has 0 aliphatic carbocycles. The maximum atomic E-state index is 5.33. The van der Waals surface area contributed by atoms with E-state index >= 15 is 0 Å². The molecule has 0 unspecified atom stereocenters. The van der Waals surface area contributed by atoms with Crippen LogP contribution in [0.3, 0.4) is 0 Å². The molecule has 0 aromatic heterocycles. The molecule has 0 saturated heterocycles. The van der Waals surface area contributed by atoms with E-state index in [1.165, 1.54) is 16.7 Å². The van der Waals surface area contributed by atoms with Crippen molar-refractivity contribution in [2.45, 2.75) is 59.3 Å². The van der Waals surface area contributed by atoms with E-state index in [0.29, 0.717) is 17.8 Å². The molecular weight excluding hydrogens is 228 g/mol. The van der Waals surface area contributed by atoms with Crippen molar-refractivity contribution >= 4 is 12.9 Å². The van der Waals surface area contributed by atoms with Crippen LogP contribution in [0.1, 0.15) is 76.0 Å². The van der Waals surface area contributed by atoms with E-state index in [9.17, 15) is 0 Å². The molecule has 96 valence electrons. The van der Waals surface area contributed by atoms with Crippen LogP contribution in [0.25, 0.3) is 0 Å². The Morgan fingerprint density at radius 3 is 1.47 bits per heavy atom. The van der Waals surface area contributed by atoms with Gasteiger partial charge in [0.05, 0.1) is 0 Å². The van der Waals surface area contributed by atoms with Crippen LogP contribution in [0.15, 0.2) is 12.1 Å². The molecule has 0 fully saturated rings. The van der Waals surface area contributed by atoms with Gasteiger partial charge in [0.2, 0.25) is 0 Å². The fraction of sp³-hybridized carbons (Fsp3) is 0.600. The van der Waals surface area contributed by atoms with Crippen molar-refractivity contribution in [2.24, 2.45) is 0 Å². The van der Waals surface area contributed by atoms with Crippen LogP contribution >= 0.6 is 12.9 Å². The van der Waals surface area contributed by atoms with Gasteiger partial charge in [-0.25, -0.2) is 0 Å². The van der Waals surface area contributed by atoms with E-state index in [1.54, 1.807) is 0 Å². The fourth-order valence-corrected chi connectivity index (χ4v) is 2.21. The second-order valence-electron chi connectivity index (χ2n) is 5.58.